The van der Waals surface area contributed by atoms with Crippen molar-refractivity contribution in [2.75, 3.05) is 0 Å². The fourth-order valence-electron chi connectivity index (χ4n) is 3.60. The van der Waals surface area contributed by atoms with Crippen LogP contribution in [0.1, 0.15) is 44.1 Å². The number of aliphatic hydroxyl groups excluding tert-OH is 1. The van der Waals surface area contributed by atoms with Gasteiger partial charge in [0.2, 0.25) is 0 Å². The van der Waals surface area contributed by atoms with Crippen molar-refractivity contribution in [1.82, 2.24) is 0 Å². The number of hydrogen-bond acceptors (Lipinski definition) is 2. The number of halogens is 1. The monoisotopic (exact) mass is 324 g/mol. The van der Waals surface area contributed by atoms with Gasteiger partial charge in [-0.3, -0.25) is 0 Å². The molecule has 0 heterocycles. The molecule has 1 aromatic rings. The van der Waals surface area contributed by atoms with Crippen molar-refractivity contribution in [3.63, 3.8) is 0 Å². The molecule has 19 heavy (non-hydrogen) atoms. The molecular formula is C16H21BrO2. The van der Waals surface area contributed by atoms with Crippen LogP contribution >= 0.6 is 15.9 Å². The number of aliphatic hydroxyl groups is 1. The third-order valence-electron chi connectivity index (χ3n) is 4.89. The molecule has 0 aromatic heterocycles. The summed E-state index contributed by atoms with van der Waals surface area (Å²) >= 11 is 3.44. The molecule has 2 aliphatic carbocycles. The van der Waals surface area contributed by atoms with Crippen molar-refractivity contribution in [2.45, 2.75) is 57.3 Å². The van der Waals surface area contributed by atoms with Gasteiger partial charge in [0.05, 0.1) is 18.8 Å². The van der Waals surface area contributed by atoms with E-state index in [0.29, 0.717) is 6.61 Å². The van der Waals surface area contributed by atoms with Crippen LogP contribution in [-0.2, 0) is 11.3 Å². The Morgan fingerprint density at radius 2 is 1.84 bits per heavy atom. The zero-order valence-electron chi connectivity index (χ0n) is 11.1. The average molecular weight is 325 g/mol. The Bertz CT molecular complexity index is 423. The highest BCUT2D eigenvalue weighted by molar-refractivity contribution is 9.10. The van der Waals surface area contributed by atoms with E-state index in [4.69, 9.17) is 4.74 Å². The SMILES string of the molecule is OC1CC(OCc2ccc(Br)cc2)C12CCCCC2. The Labute approximate surface area is 123 Å². The van der Waals surface area contributed by atoms with Gasteiger partial charge in [0.25, 0.3) is 0 Å². The number of rotatable bonds is 3. The first-order valence-electron chi connectivity index (χ1n) is 7.25. The van der Waals surface area contributed by atoms with Crippen molar-refractivity contribution in [3.05, 3.63) is 34.3 Å². The van der Waals surface area contributed by atoms with Crippen molar-refractivity contribution in [1.29, 1.82) is 0 Å². The van der Waals surface area contributed by atoms with Crippen LogP contribution in [0.5, 0.6) is 0 Å². The quantitative estimate of drug-likeness (QED) is 0.908. The predicted octanol–water partition coefficient (Wildman–Crippen LogP) is 4.05. The van der Waals surface area contributed by atoms with E-state index in [-0.39, 0.29) is 17.6 Å². The summed E-state index contributed by atoms with van der Waals surface area (Å²) in [7, 11) is 0. The second kappa shape index (κ2) is 5.55. The summed E-state index contributed by atoms with van der Waals surface area (Å²) < 4.78 is 7.19. The zero-order chi connectivity index (χ0) is 13.3. The molecule has 0 radical (unpaired) electrons. The molecule has 2 fully saturated rings. The summed E-state index contributed by atoms with van der Waals surface area (Å²) in [6.07, 6.45) is 7.02. The first kappa shape index (κ1) is 13.6. The van der Waals surface area contributed by atoms with Crippen molar-refractivity contribution < 1.29 is 9.84 Å². The van der Waals surface area contributed by atoms with E-state index in [9.17, 15) is 5.11 Å². The molecule has 3 heteroatoms. The first-order valence-corrected chi connectivity index (χ1v) is 8.04. The molecule has 2 saturated carbocycles. The van der Waals surface area contributed by atoms with Crippen LogP contribution in [0.4, 0.5) is 0 Å². The lowest BCUT2D eigenvalue weighted by atomic mass is 9.56. The largest absolute Gasteiger partial charge is 0.392 e. The normalized spacial score (nSPS) is 29.2. The van der Waals surface area contributed by atoms with Crippen molar-refractivity contribution in [2.24, 2.45) is 5.41 Å². The molecule has 1 spiro atoms. The summed E-state index contributed by atoms with van der Waals surface area (Å²) in [6.45, 7) is 0.659. The molecule has 0 aliphatic heterocycles. The molecule has 2 atom stereocenters. The average Bonchev–Trinajstić information content (AvgIpc) is 2.46. The van der Waals surface area contributed by atoms with E-state index in [2.05, 4.69) is 28.1 Å². The highest BCUT2D eigenvalue weighted by atomic mass is 79.9. The molecule has 104 valence electrons. The van der Waals surface area contributed by atoms with E-state index in [1.165, 1.54) is 24.8 Å². The molecule has 2 aliphatic rings. The Morgan fingerprint density at radius 1 is 1.16 bits per heavy atom. The lowest BCUT2D eigenvalue weighted by Gasteiger charge is -2.55. The maximum absolute atomic E-state index is 10.1. The molecule has 1 N–H and O–H groups in total. The van der Waals surface area contributed by atoms with Gasteiger partial charge in [-0.15, -0.1) is 0 Å². The van der Waals surface area contributed by atoms with Crippen molar-refractivity contribution >= 4 is 15.9 Å². The van der Waals surface area contributed by atoms with E-state index < -0.39 is 0 Å². The molecule has 2 unspecified atom stereocenters. The number of ether oxygens (including phenoxy) is 1. The molecule has 0 amide bonds. The maximum Gasteiger partial charge on any atom is 0.0720 e. The first-order chi connectivity index (χ1) is 9.21. The zero-order valence-corrected chi connectivity index (χ0v) is 12.7. The predicted molar refractivity (Wildman–Crippen MR) is 78.9 cm³/mol. The minimum Gasteiger partial charge on any atom is -0.392 e. The van der Waals surface area contributed by atoms with Crippen LogP contribution in [0, 0.1) is 5.41 Å². The Morgan fingerprint density at radius 3 is 2.47 bits per heavy atom. The lowest BCUT2D eigenvalue weighted by molar-refractivity contribution is -0.210. The molecule has 2 nitrogen and oxygen atoms in total. The fourth-order valence-corrected chi connectivity index (χ4v) is 3.87. The van der Waals surface area contributed by atoms with Gasteiger partial charge in [-0.25, -0.2) is 0 Å². The van der Waals surface area contributed by atoms with Crippen LogP contribution in [0.15, 0.2) is 28.7 Å². The topological polar surface area (TPSA) is 29.5 Å². The Kier molecular flexibility index (Phi) is 3.97. The van der Waals surface area contributed by atoms with Crippen LogP contribution in [-0.4, -0.2) is 17.3 Å². The summed E-state index contributed by atoms with van der Waals surface area (Å²) in [5, 5.41) is 10.1. The molecule has 0 bridgehead atoms. The van der Waals surface area contributed by atoms with Gasteiger partial charge in [0.1, 0.15) is 0 Å². The van der Waals surface area contributed by atoms with Crippen LogP contribution in [0.2, 0.25) is 0 Å². The molecular weight excluding hydrogens is 304 g/mol. The number of benzene rings is 1. The fraction of sp³-hybridized carbons (Fsp3) is 0.625. The van der Waals surface area contributed by atoms with Gasteiger partial charge in [-0.1, -0.05) is 47.3 Å². The minimum atomic E-state index is -0.136. The van der Waals surface area contributed by atoms with Gasteiger partial charge < -0.3 is 9.84 Å². The number of hydrogen-bond donors (Lipinski definition) is 1. The minimum absolute atomic E-state index is 0.0770. The summed E-state index contributed by atoms with van der Waals surface area (Å²) in [5.74, 6) is 0. The van der Waals surface area contributed by atoms with Gasteiger partial charge in [0.15, 0.2) is 0 Å². The Hall–Kier alpha value is -0.380. The van der Waals surface area contributed by atoms with E-state index >= 15 is 0 Å². The Balaban J connectivity index is 1.59. The standard InChI is InChI=1S/C16H21BrO2/c17-13-6-4-12(5-7-13)11-19-15-10-14(18)16(15)8-2-1-3-9-16/h4-7,14-15,18H,1-3,8-11H2. The van der Waals surface area contributed by atoms with E-state index in [1.807, 2.05) is 12.1 Å². The second-order valence-electron chi connectivity index (χ2n) is 5.97. The van der Waals surface area contributed by atoms with Crippen LogP contribution in [0.25, 0.3) is 0 Å². The third kappa shape index (κ3) is 2.61. The van der Waals surface area contributed by atoms with E-state index in [0.717, 1.165) is 23.7 Å². The molecule has 0 saturated heterocycles. The summed E-state index contributed by atoms with van der Waals surface area (Å²) in [4.78, 5) is 0. The highest BCUT2D eigenvalue weighted by Crippen LogP contribution is 2.53. The van der Waals surface area contributed by atoms with Gasteiger partial charge >= 0.3 is 0 Å². The third-order valence-corrected chi connectivity index (χ3v) is 5.42. The lowest BCUT2D eigenvalue weighted by Crippen LogP contribution is -2.58. The highest BCUT2D eigenvalue weighted by Gasteiger charge is 2.55. The van der Waals surface area contributed by atoms with Gasteiger partial charge in [-0.2, -0.15) is 0 Å². The summed E-state index contributed by atoms with van der Waals surface area (Å²) in [5.41, 5.74) is 1.28. The van der Waals surface area contributed by atoms with Crippen LogP contribution < -0.4 is 0 Å². The molecule has 3 rings (SSSR count). The molecule has 1 aromatic carbocycles. The maximum atomic E-state index is 10.1. The van der Waals surface area contributed by atoms with Gasteiger partial charge in [0, 0.05) is 16.3 Å². The van der Waals surface area contributed by atoms with Crippen molar-refractivity contribution in [3.8, 4) is 0 Å². The van der Waals surface area contributed by atoms with Gasteiger partial charge in [-0.05, 0) is 30.5 Å². The second-order valence-corrected chi connectivity index (χ2v) is 6.89. The summed E-state index contributed by atoms with van der Waals surface area (Å²) in [6, 6.07) is 8.27. The smallest absolute Gasteiger partial charge is 0.0720 e. The van der Waals surface area contributed by atoms with E-state index in [1.54, 1.807) is 0 Å². The van der Waals surface area contributed by atoms with Crippen LogP contribution in [0.3, 0.4) is 0 Å².